The topological polar surface area (TPSA) is 45.2 Å². The van der Waals surface area contributed by atoms with Crippen LogP contribution in [0.25, 0.3) is 0 Å². The zero-order chi connectivity index (χ0) is 12.4. The maximum Gasteiger partial charge on any atom is 0.232 e. The van der Waals surface area contributed by atoms with Gasteiger partial charge in [-0.15, -0.1) is 11.8 Å². The van der Waals surface area contributed by atoms with E-state index in [2.05, 4.69) is 10.3 Å². The second-order valence-electron chi connectivity index (χ2n) is 4.95. The highest BCUT2D eigenvalue weighted by Crippen LogP contribution is 2.27. The van der Waals surface area contributed by atoms with Crippen molar-refractivity contribution in [1.82, 2.24) is 15.2 Å². The summed E-state index contributed by atoms with van der Waals surface area (Å²) in [6.45, 7) is 4.03. The van der Waals surface area contributed by atoms with Crippen LogP contribution in [0.2, 0.25) is 0 Å². The smallest absolute Gasteiger partial charge is 0.232 e. The summed E-state index contributed by atoms with van der Waals surface area (Å²) in [6, 6.07) is 3.89. The van der Waals surface area contributed by atoms with Gasteiger partial charge >= 0.3 is 0 Å². The molecule has 2 aliphatic heterocycles. The predicted octanol–water partition coefficient (Wildman–Crippen LogP) is 0.851. The van der Waals surface area contributed by atoms with Crippen LogP contribution in [-0.4, -0.2) is 47.7 Å². The Morgan fingerprint density at radius 1 is 1.33 bits per heavy atom. The lowest BCUT2D eigenvalue weighted by atomic mass is 10.0. The molecule has 0 saturated carbocycles. The number of likely N-dealkylation sites (tertiary alicyclic amines) is 1. The first-order valence-electron chi connectivity index (χ1n) is 6.34. The van der Waals surface area contributed by atoms with Crippen LogP contribution < -0.4 is 5.32 Å². The van der Waals surface area contributed by atoms with Crippen molar-refractivity contribution >= 4 is 17.7 Å². The first-order chi connectivity index (χ1) is 8.83. The van der Waals surface area contributed by atoms with Crippen molar-refractivity contribution in [3.05, 3.63) is 24.5 Å². The second kappa shape index (κ2) is 5.28. The predicted molar refractivity (Wildman–Crippen MR) is 71.4 cm³/mol. The zero-order valence-corrected chi connectivity index (χ0v) is 11.0. The molecule has 4 nitrogen and oxygen atoms in total. The van der Waals surface area contributed by atoms with Gasteiger partial charge in [0, 0.05) is 43.5 Å². The number of rotatable bonds is 3. The number of hydrogen-bond acceptors (Lipinski definition) is 4. The number of carbonyl (C=O) groups is 1. The molecule has 0 aromatic carbocycles. The van der Waals surface area contributed by atoms with E-state index in [0.29, 0.717) is 17.6 Å². The molecular weight excluding hydrogens is 246 g/mol. The molecule has 0 unspecified atom stereocenters. The van der Waals surface area contributed by atoms with E-state index in [0.717, 1.165) is 31.1 Å². The van der Waals surface area contributed by atoms with Crippen molar-refractivity contribution in [2.24, 2.45) is 11.8 Å². The van der Waals surface area contributed by atoms with E-state index in [1.807, 2.05) is 17.0 Å². The fourth-order valence-electron chi connectivity index (χ4n) is 2.73. The number of thioether (sulfide) groups is 1. The van der Waals surface area contributed by atoms with Gasteiger partial charge in [0.15, 0.2) is 0 Å². The molecule has 2 fully saturated rings. The lowest BCUT2D eigenvalue weighted by Crippen LogP contribution is -2.33. The van der Waals surface area contributed by atoms with Gasteiger partial charge in [0.2, 0.25) is 5.91 Å². The van der Waals surface area contributed by atoms with Crippen molar-refractivity contribution in [2.45, 2.75) is 4.90 Å². The number of carbonyl (C=O) groups excluding carboxylic acids is 1. The van der Waals surface area contributed by atoms with E-state index in [-0.39, 0.29) is 5.91 Å². The molecule has 1 N–H and O–H groups in total. The molecule has 0 aliphatic carbocycles. The lowest BCUT2D eigenvalue weighted by molar-refractivity contribution is -0.127. The number of hydrogen-bond donors (Lipinski definition) is 1. The van der Waals surface area contributed by atoms with Gasteiger partial charge in [-0.3, -0.25) is 9.78 Å². The third-order valence-corrected chi connectivity index (χ3v) is 4.75. The van der Waals surface area contributed by atoms with Crippen molar-refractivity contribution in [3.8, 4) is 0 Å². The third kappa shape index (κ3) is 2.52. The highest BCUT2D eigenvalue weighted by atomic mass is 32.2. The van der Waals surface area contributed by atoms with Gasteiger partial charge in [-0.25, -0.2) is 0 Å². The van der Waals surface area contributed by atoms with Crippen LogP contribution in [0.1, 0.15) is 0 Å². The summed E-state index contributed by atoms with van der Waals surface area (Å²) in [7, 11) is 0. The maximum absolute atomic E-state index is 12.1. The fourth-order valence-corrected chi connectivity index (χ4v) is 3.52. The average Bonchev–Trinajstić information content (AvgIpc) is 2.98. The van der Waals surface area contributed by atoms with Gasteiger partial charge in [-0.1, -0.05) is 0 Å². The Bertz CT molecular complexity index is 414. The summed E-state index contributed by atoms with van der Waals surface area (Å²) in [4.78, 5) is 19.2. The number of nitrogens with zero attached hydrogens (tertiary/aromatic N) is 2. The Kier molecular flexibility index (Phi) is 3.52. The summed E-state index contributed by atoms with van der Waals surface area (Å²) < 4.78 is 0. The van der Waals surface area contributed by atoms with Crippen LogP contribution in [0.4, 0.5) is 0 Å². The molecule has 3 rings (SSSR count). The summed E-state index contributed by atoms with van der Waals surface area (Å²) in [5.41, 5.74) is 0. The average molecular weight is 263 g/mol. The largest absolute Gasteiger partial charge is 0.341 e. The first kappa shape index (κ1) is 12.0. The van der Waals surface area contributed by atoms with Crippen molar-refractivity contribution in [3.63, 3.8) is 0 Å². The van der Waals surface area contributed by atoms with E-state index in [9.17, 15) is 4.79 Å². The monoisotopic (exact) mass is 263 g/mol. The van der Waals surface area contributed by atoms with Crippen molar-refractivity contribution in [2.75, 3.05) is 31.9 Å². The van der Waals surface area contributed by atoms with Gasteiger partial charge in [0.1, 0.15) is 0 Å². The summed E-state index contributed by atoms with van der Waals surface area (Å²) in [6.07, 6.45) is 3.53. The number of amides is 1. The summed E-state index contributed by atoms with van der Waals surface area (Å²) in [5, 5.41) is 3.39. The Labute approximate surface area is 111 Å². The molecular formula is C13H17N3OS. The van der Waals surface area contributed by atoms with Crippen LogP contribution in [0.5, 0.6) is 0 Å². The lowest BCUT2D eigenvalue weighted by Gasteiger charge is -2.17. The van der Waals surface area contributed by atoms with E-state index in [1.54, 1.807) is 24.2 Å². The second-order valence-corrected chi connectivity index (χ2v) is 6.00. The molecule has 5 heteroatoms. The highest BCUT2D eigenvalue weighted by Gasteiger charge is 2.37. The number of nitrogens with one attached hydrogen (secondary N) is 1. The van der Waals surface area contributed by atoms with Gasteiger partial charge in [0.25, 0.3) is 0 Å². The van der Waals surface area contributed by atoms with E-state index in [1.165, 1.54) is 0 Å². The van der Waals surface area contributed by atoms with Gasteiger partial charge in [0.05, 0.1) is 5.75 Å². The third-order valence-electron chi connectivity index (χ3n) is 3.75. The minimum absolute atomic E-state index is 0.270. The fraction of sp³-hybridized carbons (Fsp3) is 0.538. The standard InChI is InChI=1S/C13H17N3OS/c17-13(9-18-12-1-3-14-4-2-12)16-7-10-5-15-6-11(10)8-16/h1-4,10-11,15H,5-9H2/t10-,11+. The van der Waals surface area contributed by atoms with E-state index >= 15 is 0 Å². The minimum Gasteiger partial charge on any atom is -0.341 e. The van der Waals surface area contributed by atoms with Gasteiger partial charge in [-0.2, -0.15) is 0 Å². The van der Waals surface area contributed by atoms with Crippen molar-refractivity contribution in [1.29, 1.82) is 0 Å². The number of fused-ring (bicyclic) bond motifs is 1. The summed E-state index contributed by atoms with van der Waals surface area (Å²) in [5.74, 6) is 2.17. The molecule has 0 bridgehead atoms. The number of pyridine rings is 1. The van der Waals surface area contributed by atoms with Crippen LogP contribution in [0, 0.1) is 11.8 Å². The van der Waals surface area contributed by atoms with Crippen LogP contribution in [0.3, 0.4) is 0 Å². The Balaban J connectivity index is 1.50. The van der Waals surface area contributed by atoms with Gasteiger partial charge in [-0.05, 0) is 24.0 Å². The van der Waals surface area contributed by atoms with Crippen molar-refractivity contribution < 1.29 is 4.79 Å². The molecule has 2 saturated heterocycles. The van der Waals surface area contributed by atoms with E-state index in [4.69, 9.17) is 0 Å². The molecule has 96 valence electrons. The molecule has 1 aromatic heterocycles. The normalized spacial score (nSPS) is 26.3. The number of aromatic nitrogens is 1. The molecule has 3 heterocycles. The Hall–Kier alpha value is -1.07. The molecule has 0 radical (unpaired) electrons. The molecule has 1 aromatic rings. The molecule has 0 spiro atoms. The molecule has 2 aliphatic rings. The molecule has 18 heavy (non-hydrogen) atoms. The Morgan fingerprint density at radius 3 is 2.67 bits per heavy atom. The molecule has 1 amide bonds. The quantitative estimate of drug-likeness (QED) is 0.821. The van der Waals surface area contributed by atoms with Gasteiger partial charge < -0.3 is 10.2 Å². The van der Waals surface area contributed by atoms with Crippen LogP contribution in [0.15, 0.2) is 29.4 Å². The highest BCUT2D eigenvalue weighted by molar-refractivity contribution is 8.00. The molecule has 2 atom stereocenters. The minimum atomic E-state index is 0.270. The Morgan fingerprint density at radius 2 is 2.00 bits per heavy atom. The first-order valence-corrected chi connectivity index (χ1v) is 7.33. The van der Waals surface area contributed by atoms with Crippen LogP contribution in [-0.2, 0) is 4.79 Å². The summed E-state index contributed by atoms with van der Waals surface area (Å²) >= 11 is 1.60. The van der Waals surface area contributed by atoms with E-state index < -0.39 is 0 Å². The van der Waals surface area contributed by atoms with Crippen LogP contribution >= 0.6 is 11.8 Å². The SMILES string of the molecule is O=C(CSc1ccncc1)N1C[C@H]2CNC[C@H]2C1. The maximum atomic E-state index is 12.1. The zero-order valence-electron chi connectivity index (χ0n) is 10.2.